The van der Waals surface area contributed by atoms with Gasteiger partial charge in [0.1, 0.15) is 13.2 Å². The van der Waals surface area contributed by atoms with Gasteiger partial charge in [0.2, 0.25) is 0 Å². The molecule has 0 spiro atoms. The van der Waals surface area contributed by atoms with Gasteiger partial charge in [-0.3, -0.25) is 14.4 Å². The number of esters is 3. The quantitative estimate of drug-likeness (QED) is 0.0261. The van der Waals surface area contributed by atoms with Crippen LogP contribution in [0, 0.1) is 0 Å². The van der Waals surface area contributed by atoms with E-state index in [0.29, 0.717) is 19.3 Å². The maximum absolute atomic E-state index is 12.9. The molecule has 0 aliphatic heterocycles. The minimum atomic E-state index is -0.808. The third kappa shape index (κ3) is 59.9. The van der Waals surface area contributed by atoms with Crippen LogP contribution in [0.25, 0.3) is 0 Å². The monoisotopic (exact) mass is 1050 g/mol. The maximum atomic E-state index is 12.9. The summed E-state index contributed by atoms with van der Waals surface area (Å²) in [6, 6.07) is 0. The highest BCUT2D eigenvalue weighted by molar-refractivity contribution is 5.71. The Morgan fingerprint density at radius 2 is 0.513 bits per heavy atom. The van der Waals surface area contributed by atoms with Crippen LogP contribution in [0.1, 0.15) is 245 Å². The predicted molar refractivity (Wildman–Crippen MR) is 329 cm³/mol. The number of ether oxygens (including phenoxy) is 3. The normalized spacial score (nSPS) is 13.2. The molecule has 6 heteroatoms. The molecule has 0 fully saturated rings. The molecule has 0 aromatic heterocycles. The standard InChI is InChI=1S/C70H110O6/c1-4-7-10-13-16-19-22-24-26-28-30-32-33-34-35-36-37-39-40-42-44-46-48-51-54-57-60-63-69(72)75-66-67(65-74-68(71)62-59-56-53-50-21-18-15-12-9-6-3)76-70(73)64-61-58-55-52-49-47-45-43-41-38-31-29-27-25-23-20-17-14-11-8-5-2/h7-8,10-12,15-17,19-20,24-27,30-32,34-35,37-39,42-45,67H,4-6,9,13-14,18,21-23,28-29,33,36,40-41,46-66H2,1-3H3/b10-7-,11-8-,15-12-,19-16-,20-17-,26-24-,27-25-,32-30-,35-34-,38-31-,39-37-,44-42-,45-43-. The molecule has 0 bridgehead atoms. The smallest absolute Gasteiger partial charge is 0.306 e. The number of carbonyl (C=O) groups is 3. The molecule has 0 saturated heterocycles. The van der Waals surface area contributed by atoms with E-state index in [1.54, 1.807) is 0 Å². The first-order chi connectivity index (χ1) is 37.5. The second kappa shape index (κ2) is 62.6. The second-order valence-corrected chi connectivity index (χ2v) is 19.5. The van der Waals surface area contributed by atoms with Gasteiger partial charge < -0.3 is 14.2 Å². The molecule has 0 aliphatic rings. The molecular formula is C70H110O6. The summed E-state index contributed by atoms with van der Waals surface area (Å²) in [5.74, 6) is -0.959. The Balaban J connectivity index is 4.40. The van der Waals surface area contributed by atoms with E-state index in [2.05, 4.69) is 179 Å². The molecule has 426 valence electrons. The van der Waals surface area contributed by atoms with Crippen LogP contribution in [0.5, 0.6) is 0 Å². The van der Waals surface area contributed by atoms with Crippen molar-refractivity contribution in [3.63, 3.8) is 0 Å². The molecule has 0 rings (SSSR count). The lowest BCUT2D eigenvalue weighted by atomic mass is 10.1. The molecule has 0 N–H and O–H groups in total. The maximum Gasteiger partial charge on any atom is 0.306 e. The van der Waals surface area contributed by atoms with Crippen LogP contribution >= 0.6 is 0 Å². The van der Waals surface area contributed by atoms with Crippen molar-refractivity contribution in [3.05, 3.63) is 158 Å². The number of carbonyl (C=O) groups excluding carboxylic acids is 3. The van der Waals surface area contributed by atoms with Gasteiger partial charge in [-0.2, -0.15) is 0 Å². The van der Waals surface area contributed by atoms with Crippen molar-refractivity contribution in [2.24, 2.45) is 0 Å². The lowest BCUT2D eigenvalue weighted by Crippen LogP contribution is -2.30. The summed E-state index contributed by atoms with van der Waals surface area (Å²) in [5, 5.41) is 0. The van der Waals surface area contributed by atoms with Crippen molar-refractivity contribution >= 4 is 17.9 Å². The zero-order valence-electron chi connectivity index (χ0n) is 48.7. The van der Waals surface area contributed by atoms with Gasteiger partial charge in [-0.1, -0.05) is 243 Å². The molecule has 0 saturated carbocycles. The zero-order valence-corrected chi connectivity index (χ0v) is 48.7. The van der Waals surface area contributed by atoms with Gasteiger partial charge in [-0.15, -0.1) is 0 Å². The molecule has 6 nitrogen and oxygen atoms in total. The summed E-state index contributed by atoms with van der Waals surface area (Å²) >= 11 is 0. The van der Waals surface area contributed by atoms with Crippen molar-refractivity contribution in [3.8, 4) is 0 Å². The first kappa shape index (κ1) is 71.0. The number of allylic oxidation sites excluding steroid dienone is 26. The van der Waals surface area contributed by atoms with Crippen molar-refractivity contribution in [2.45, 2.75) is 252 Å². The zero-order chi connectivity index (χ0) is 55.0. The molecule has 0 amide bonds. The Labute approximate surface area is 467 Å². The Bertz CT molecular complexity index is 1720. The Hall–Kier alpha value is -4.97. The fourth-order valence-corrected chi connectivity index (χ4v) is 7.74. The SMILES string of the molecule is CC/C=C\C/C=C\C/C=C\C/C=C\C/C=C\C/C=C\C/C=C\CCCCCCCC(=O)OCC(COC(=O)CCCCCCC/C=C\CCC)OC(=O)CCCCCCC/C=C\C/C=C\C/C=C\C/C=C\C/C=C\CC. The fraction of sp³-hybridized carbons (Fsp3) is 0.586. The largest absolute Gasteiger partial charge is 0.462 e. The molecular weight excluding hydrogens is 937 g/mol. The molecule has 76 heavy (non-hydrogen) atoms. The van der Waals surface area contributed by atoms with Gasteiger partial charge >= 0.3 is 17.9 Å². The Morgan fingerprint density at radius 1 is 0.276 bits per heavy atom. The topological polar surface area (TPSA) is 78.9 Å². The van der Waals surface area contributed by atoms with E-state index in [0.717, 1.165) is 193 Å². The molecule has 1 atom stereocenters. The summed E-state index contributed by atoms with van der Waals surface area (Å²) < 4.78 is 16.8. The first-order valence-corrected chi connectivity index (χ1v) is 30.5. The average Bonchev–Trinajstić information content (AvgIpc) is 3.42. The molecule has 0 radical (unpaired) electrons. The van der Waals surface area contributed by atoms with E-state index < -0.39 is 6.10 Å². The van der Waals surface area contributed by atoms with Crippen molar-refractivity contribution in [1.82, 2.24) is 0 Å². The van der Waals surface area contributed by atoms with Crippen molar-refractivity contribution < 1.29 is 28.6 Å². The van der Waals surface area contributed by atoms with E-state index in [1.165, 1.54) is 12.8 Å². The summed E-state index contributed by atoms with van der Waals surface area (Å²) in [6.07, 6.45) is 91.0. The number of unbranched alkanes of at least 4 members (excludes halogenated alkanes) is 16. The third-order valence-electron chi connectivity index (χ3n) is 12.2. The molecule has 0 aromatic carbocycles. The second-order valence-electron chi connectivity index (χ2n) is 19.5. The molecule has 0 aliphatic carbocycles. The Morgan fingerprint density at radius 3 is 0.816 bits per heavy atom. The minimum absolute atomic E-state index is 0.104. The predicted octanol–water partition coefficient (Wildman–Crippen LogP) is 20.9. The van der Waals surface area contributed by atoms with Gasteiger partial charge in [0.15, 0.2) is 6.10 Å². The van der Waals surface area contributed by atoms with Crippen molar-refractivity contribution in [2.75, 3.05) is 13.2 Å². The summed E-state index contributed by atoms with van der Waals surface area (Å²) in [7, 11) is 0. The lowest BCUT2D eigenvalue weighted by molar-refractivity contribution is -0.167. The highest BCUT2D eigenvalue weighted by Crippen LogP contribution is 2.13. The molecule has 1 unspecified atom stereocenters. The van der Waals surface area contributed by atoms with Crippen LogP contribution in [-0.4, -0.2) is 37.2 Å². The Kier molecular flexibility index (Phi) is 58.5. The summed E-state index contributed by atoms with van der Waals surface area (Å²) in [5.41, 5.74) is 0. The molecule has 0 heterocycles. The van der Waals surface area contributed by atoms with Crippen LogP contribution in [0.3, 0.4) is 0 Å². The van der Waals surface area contributed by atoms with E-state index in [4.69, 9.17) is 14.2 Å². The average molecular weight is 1050 g/mol. The summed E-state index contributed by atoms with van der Waals surface area (Å²) in [6.45, 7) is 6.30. The molecule has 0 aromatic rings. The number of rotatable bonds is 53. The fourth-order valence-electron chi connectivity index (χ4n) is 7.74. The van der Waals surface area contributed by atoms with Gasteiger partial charge in [-0.25, -0.2) is 0 Å². The lowest BCUT2D eigenvalue weighted by Gasteiger charge is -2.18. The first-order valence-electron chi connectivity index (χ1n) is 30.5. The van der Waals surface area contributed by atoms with Crippen LogP contribution in [0.15, 0.2) is 158 Å². The van der Waals surface area contributed by atoms with E-state index in [-0.39, 0.29) is 31.1 Å². The van der Waals surface area contributed by atoms with Crippen molar-refractivity contribution in [1.29, 1.82) is 0 Å². The van der Waals surface area contributed by atoms with Crippen LogP contribution < -0.4 is 0 Å². The van der Waals surface area contributed by atoms with Crippen LogP contribution in [-0.2, 0) is 28.6 Å². The number of hydrogen-bond donors (Lipinski definition) is 0. The highest BCUT2D eigenvalue weighted by Gasteiger charge is 2.19. The van der Waals surface area contributed by atoms with Gasteiger partial charge in [-0.05, 0) is 141 Å². The van der Waals surface area contributed by atoms with Gasteiger partial charge in [0.05, 0.1) is 0 Å². The van der Waals surface area contributed by atoms with E-state index >= 15 is 0 Å². The highest BCUT2D eigenvalue weighted by atomic mass is 16.6. The number of hydrogen-bond acceptors (Lipinski definition) is 6. The minimum Gasteiger partial charge on any atom is -0.462 e. The van der Waals surface area contributed by atoms with E-state index in [9.17, 15) is 14.4 Å². The van der Waals surface area contributed by atoms with Crippen LogP contribution in [0.2, 0.25) is 0 Å². The van der Waals surface area contributed by atoms with Crippen LogP contribution in [0.4, 0.5) is 0 Å². The van der Waals surface area contributed by atoms with E-state index in [1.807, 2.05) is 0 Å². The van der Waals surface area contributed by atoms with Gasteiger partial charge in [0, 0.05) is 19.3 Å². The van der Waals surface area contributed by atoms with Gasteiger partial charge in [0.25, 0.3) is 0 Å². The third-order valence-corrected chi connectivity index (χ3v) is 12.2. The summed E-state index contributed by atoms with van der Waals surface area (Å²) in [4.78, 5) is 38.2.